The summed E-state index contributed by atoms with van der Waals surface area (Å²) in [6.45, 7) is 8.80. The number of likely N-dealkylation sites (tertiary alicyclic amines) is 2. The third-order valence-corrected chi connectivity index (χ3v) is 5.70. The van der Waals surface area contributed by atoms with E-state index in [1.54, 1.807) is 4.90 Å². The predicted molar refractivity (Wildman–Crippen MR) is 120 cm³/mol. The second kappa shape index (κ2) is 9.00. The summed E-state index contributed by atoms with van der Waals surface area (Å²) >= 11 is 0. The number of likely N-dealkylation sites (N-methyl/N-ethyl adjacent to an activating group) is 1. The highest BCUT2D eigenvalue weighted by Gasteiger charge is 2.37. The molecule has 3 amide bonds. The Morgan fingerprint density at radius 3 is 2.37 bits per heavy atom. The third-order valence-electron chi connectivity index (χ3n) is 5.70. The number of nitrogens with one attached hydrogen (secondary N) is 1. The first-order chi connectivity index (χ1) is 14.2. The molecule has 162 valence electrons. The highest BCUT2D eigenvalue weighted by Crippen LogP contribution is 2.24. The van der Waals surface area contributed by atoms with Crippen LogP contribution in [0, 0.1) is 5.41 Å². The lowest BCUT2D eigenvalue weighted by Crippen LogP contribution is -2.57. The van der Waals surface area contributed by atoms with E-state index in [0.717, 1.165) is 37.2 Å². The van der Waals surface area contributed by atoms with E-state index in [1.807, 2.05) is 58.2 Å². The van der Waals surface area contributed by atoms with E-state index in [2.05, 4.69) is 15.2 Å². The van der Waals surface area contributed by atoms with E-state index >= 15 is 0 Å². The van der Waals surface area contributed by atoms with Gasteiger partial charge in [0.25, 0.3) is 0 Å². The zero-order valence-electron chi connectivity index (χ0n) is 18.4. The Morgan fingerprint density at radius 1 is 1.13 bits per heavy atom. The Bertz CT molecular complexity index is 850. The number of benzene rings is 1. The smallest absolute Gasteiger partial charge is 0.341 e. The van der Waals surface area contributed by atoms with Crippen molar-refractivity contribution in [3.8, 4) is 0 Å². The van der Waals surface area contributed by atoms with Crippen LogP contribution < -0.4 is 11.1 Å². The van der Waals surface area contributed by atoms with Crippen molar-refractivity contribution < 1.29 is 9.59 Å². The van der Waals surface area contributed by atoms with Gasteiger partial charge in [-0.1, -0.05) is 51.1 Å². The number of carbonyl (C=O) groups is 2. The first-order valence-electron chi connectivity index (χ1n) is 10.6. The maximum absolute atomic E-state index is 12.8. The van der Waals surface area contributed by atoms with Crippen LogP contribution in [-0.4, -0.2) is 66.7 Å². The minimum atomic E-state index is -0.611. The third kappa shape index (κ3) is 5.08. The van der Waals surface area contributed by atoms with Crippen molar-refractivity contribution in [2.24, 2.45) is 16.1 Å². The Morgan fingerprint density at radius 2 is 1.80 bits per heavy atom. The van der Waals surface area contributed by atoms with Crippen molar-refractivity contribution in [3.63, 3.8) is 0 Å². The molecule has 2 aliphatic rings. The zero-order chi connectivity index (χ0) is 21.9. The molecule has 30 heavy (non-hydrogen) atoms. The summed E-state index contributed by atoms with van der Waals surface area (Å²) < 4.78 is 0. The number of aliphatic imine (C=N–C) groups is 1. The molecule has 2 heterocycles. The molecule has 3 N–H and O–H groups in total. The lowest BCUT2D eigenvalue weighted by molar-refractivity contribution is -0.139. The van der Waals surface area contributed by atoms with Crippen LogP contribution in [0.25, 0.3) is 5.70 Å². The lowest BCUT2D eigenvalue weighted by atomic mass is 9.85. The molecule has 0 spiro atoms. The molecule has 0 radical (unpaired) electrons. The number of carbonyl (C=O) groups excluding carboxylic acids is 2. The number of piperidine rings is 1. The Balaban J connectivity index is 1.85. The van der Waals surface area contributed by atoms with Crippen LogP contribution in [0.1, 0.15) is 39.2 Å². The number of amides is 3. The zero-order valence-corrected chi connectivity index (χ0v) is 18.4. The normalized spacial score (nSPS) is 21.7. The van der Waals surface area contributed by atoms with Gasteiger partial charge in [0.05, 0.1) is 5.71 Å². The molecule has 0 bridgehead atoms. The van der Waals surface area contributed by atoms with Crippen LogP contribution in [-0.2, 0) is 4.79 Å². The van der Waals surface area contributed by atoms with Crippen LogP contribution in [0.15, 0.2) is 40.9 Å². The number of rotatable bonds is 3. The highest BCUT2D eigenvalue weighted by molar-refractivity contribution is 6.11. The van der Waals surface area contributed by atoms with Crippen molar-refractivity contribution in [3.05, 3.63) is 41.5 Å². The van der Waals surface area contributed by atoms with E-state index in [0.29, 0.717) is 24.4 Å². The number of hydrogen-bond acceptors (Lipinski definition) is 4. The highest BCUT2D eigenvalue weighted by atomic mass is 16.2. The van der Waals surface area contributed by atoms with E-state index in [4.69, 9.17) is 5.73 Å². The monoisotopic (exact) mass is 411 g/mol. The molecule has 2 aliphatic heterocycles. The quantitative estimate of drug-likeness (QED) is 0.799. The van der Waals surface area contributed by atoms with Gasteiger partial charge in [-0.2, -0.15) is 4.99 Å². The predicted octanol–water partition coefficient (Wildman–Crippen LogP) is 2.49. The molecule has 0 aromatic heterocycles. The summed E-state index contributed by atoms with van der Waals surface area (Å²) in [5, 5.41) is 2.87. The molecule has 7 nitrogen and oxygen atoms in total. The SMILES string of the molecule is CN1CCC(=NC(=O)N[C@H](C(=O)N2CCC2)C(C)(C)C)C(=C(N)c2ccccc2)C1. The molecule has 0 aliphatic carbocycles. The minimum absolute atomic E-state index is 0.0368. The van der Waals surface area contributed by atoms with E-state index in [9.17, 15) is 9.59 Å². The van der Waals surface area contributed by atoms with E-state index in [-0.39, 0.29) is 5.91 Å². The number of nitrogens with two attached hydrogens (primary N) is 1. The topological polar surface area (TPSA) is 91.0 Å². The summed E-state index contributed by atoms with van der Waals surface area (Å²) in [6.07, 6.45) is 1.65. The molecule has 1 aromatic rings. The fraction of sp³-hybridized carbons (Fsp3) is 0.522. The van der Waals surface area contributed by atoms with Crippen LogP contribution in [0.4, 0.5) is 4.79 Å². The number of urea groups is 1. The largest absolute Gasteiger partial charge is 0.398 e. The minimum Gasteiger partial charge on any atom is -0.398 e. The molecule has 0 unspecified atom stereocenters. The molecule has 3 rings (SSSR count). The standard InChI is InChI=1S/C23H33N5O2/c1-23(2,3)20(21(29)28-12-8-13-28)26-22(30)25-18-11-14-27(4)15-17(18)19(24)16-9-6-5-7-10-16/h5-7,9-10,20H,8,11-15,24H2,1-4H3,(H,26,30)/t20-/m1/s1. The van der Waals surface area contributed by atoms with E-state index < -0.39 is 17.5 Å². The Hall–Kier alpha value is -2.67. The second-order valence-electron chi connectivity index (χ2n) is 9.23. The van der Waals surface area contributed by atoms with Crippen molar-refractivity contribution >= 4 is 23.3 Å². The van der Waals surface area contributed by atoms with Crippen molar-refractivity contribution in [1.29, 1.82) is 0 Å². The molecule has 2 saturated heterocycles. The average molecular weight is 412 g/mol. The van der Waals surface area contributed by atoms with Crippen LogP contribution in [0.3, 0.4) is 0 Å². The fourth-order valence-electron chi connectivity index (χ4n) is 3.69. The van der Waals surface area contributed by atoms with Gasteiger partial charge in [0.15, 0.2) is 0 Å². The van der Waals surface area contributed by atoms with Gasteiger partial charge < -0.3 is 20.9 Å². The van der Waals surface area contributed by atoms with Crippen LogP contribution >= 0.6 is 0 Å². The summed E-state index contributed by atoms with van der Waals surface area (Å²) in [5.74, 6) is -0.0368. The summed E-state index contributed by atoms with van der Waals surface area (Å²) in [7, 11) is 2.02. The van der Waals surface area contributed by atoms with Gasteiger partial charge in [0.1, 0.15) is 6.04 Å². The summed E-state index contributed by atoms with van der Waals surface area (Å²) in [4.78, 5) is 34.0. The maximum atomic E-state index is 12.8. The van der Waals surface area contributed by atoms with Crippen LogP contribution in [0.2, 0.25) is 0 Å². The van der Waals surface area contributed by atoms with Crippen molar-refractivity contribution in [2.45, 2.75) is 39.7 Å². The number of hydrogen-bond donors (Lipinski definition) is 2. The van der Waals surface area contributed by atoms with Crippen molar-refractivity contribution in [2.75, 3.05) is 33.2 Å². The van der Waals surface area contributed by atoms with Gasteiger partial charge in [0.2, 0.25) is 5.91 Å². The van der Waals surface area contributed by atoms with Gasteiger partial charge in [-0.3, -0.25) is 4.79 Å². The van der Waals surface area contributed by atoms with Gasteiger partial charge in [-0.05, 0) is 24.4 Å². The molecule has 1 aromatic carbocycles. The van der Waals surface area contributed by atoms with Gasteiger partial charge >= 0.3 is 6.03 Å². The molecule has 1 atom stereocenters. The molecular weight excluding hydrogens is 378 g/mol. The van der Waals surface area contributed by atoms with Gasteiger partial charge in [-0.25, -0.2) is 4.79 Å². The molecular formula is C23H33N5O2. The first kappa shape index (κ1) is 22.0. The van der Waals surface area contributed by atoms with Gasteiger partial charge in [0, 0.05) is 43.9 Å². The Kier molecular flexibility index (Phi) is 6.61. The van der Waals surface area contributed by atoms with E-state index in [1.165, 1.54) is 0 Å². The summed E-state index contributed by atoms with van der Waals surface area (Å²) in [6, 6.07) is 8.63. The molecule has 7 heteroatoms. The Labute approximate surface area is 179 Å². The average Bonchev–Trinajstić information content (AvgIpc) is 2.65. The second-order valence-corrected chi connectivity index (χ2v) is 9.23. The molecule has 2 fully saturated rings. The van der Waals surface area contributed by atoms with Crippen molar-refractivity contribution in [1.82, 2.24) is 15.1 Å². The summed E-state index contributed by atoms with van der Waals surface area (Å²) in [5.41, 5.74) is 9.16. The first-order valence-corrected chi connectivity index (χ1v) is 10.6. The van der Waals surface area contributed by atoms with Crippen LogP contribution in [0.5, 0.6) is 0 Å². The maximum Gasteiger partial charge on any atom is 0.341 e. The fourth-order valence-corrected chi connectivity index (χ4v) is 3.69. The number of nitrogens with zero attached hydrogens (tertiary/aromatic N) is 3. The lowest BCUT2D eigenvalue weighted by Gasteiger charge is -2.38. The molecule has 0 saturated carbocycles. The van der Waals surface area contributed by atoms with Gasteiger partial charge in [-0.15, -0.1) is 0 Å².